The quantitative estimate of drug-likeness (QED) is 0.848. The van der Waals surface area contributed by atoms with Crippen molar-refractivity contribution in [2.24, 2.45) is 0 Å². The summed E-state index contributed by atoms with van der Waals surface area (Å²) in [6, 6.07) is 2.46. The molecule has 0 spiro atoms. The predicted molar refractivity (Wildman–Crippen MR) is 92.7 cm³/mol. The first-order valence-electron chi connectivity index (χ1n) is 8.64. The number of thiophene rings is 1. The second-order valence-electron chi connectivity index (χ2n) is 6.71. The fourth-order valence-corrected chi connectivity index (χ4v) is 4.84. The minimum Gasteiger partial charge on any atom is -0.337 e. The summed E-state index contributed by atoms with van der Waals surface area (Å²) < 4.78 is 1.87. The molecule has 2 aliphatic rings. The summed E-state index contributed by atoms with van der Waals surface area (Å²) in [7, 11) is 0. The molecule has 0 saturated carbocycles. The van der Waals surface area contributed by atoms with Gasteiger partial charge in [0, 0.05) is 24.0 Å². The van der Waals surface area contributed by atoms with Gasteiger partial charge in [-0.2, -0.15) is 5.10 Å². The van der Waals surface area contributed by atoms with Crippen molar-refractivity contribution in [1.29, 1.82) is 0 Å². The van der Waals surface area contributed by atoms with Crippen molar-refractivity contribution in [3.63, 3.8) is 0 Å². The molecule has 2 aromatic heterocycles. The van der Waals surface area contributed by atoms with Crippen molar-refractivity contribution in [1.82, 2.24) is 24.6 Å². The molecule has 6 nitrogen and oxygen atoms in total. The Balaban J connectivity index is 1.42. The van der Waals surface area contributed by atoms with Crippen LogP contribution in [0.4, 0.5) is 0 Å². The van der Waals surface area contributed by atoms with Crippen molar-refractivity contribution < 1.29 is 4.79 Å². The lowest BCUT2D eigenvalue weighted by Gasteiger charge is -2.35. The highest BCUT2D eigenvalue weighted by Crippen LogP contribution is 2.27. The molecule has 0 N–H and O–H groups in total. The van der Waals surface area contributed by atoms with E-state index in [9.17, 15) is 4.79 Å². The third kappa shape index (κ3) is 2.98. The van der Waals surface area contributed by atoms with E-state index in [0.29, 0.717) is 6.04 Å². The van der Waals surface area contributed by atoms with E-state index in [1.807, 2.05) is 20.9 Å². The Morgan fingerprint density at radius 1 is 1.46 bits per heavy atom. The van der Waals surface area contributed by atoms with E-state index in [2.05, 4.69) is 33.4 Å². The van der Waals surface area contributed by atoms with E-state index in [0.717, 1.165) is 45.4 Å². The summed E-state index contributed by atoms with van der Waals surface area (Å²) in [5, 5.41) is 6.35. The van der Waals surface area contributed by atoms with Gasteiger partial charge in [0.15, 0.2) is 0 Å². The maximum Gasteiger partial charge on any atom is 0.239 e. The average Bonchev–Trinajstić information content (AvgIpc) is 3.34. The van der Waals surface area contributed by atoms with Crippen molar-refractivity contribution in [3.05, 3.63) is 34.5 Å². The van der Waals surface area contributed by atoms with Gasteiger partial charge in [0.2, 0.25) is 5.91 Å². The Morgan fingerprint density at radius 2 is 2.38 bits per heavy atom. The average molecular weight is 345 g/mol. The van der Waals surface area contributed by atoms with Crippen LogP contribution in [0.15, 0.2) is 24.1 Å². The van der Waals surface area contributed by atoms with Crippen LogP contribution in [-0.4, -0.2) is 55.6 Å². The summed E-state index contributed by atoms with van der Waals surface area (Å²) >= 11 is 1.81. The molecule has 0 bridgehead atoms. The number of aromatic nitrogens is 3. The number of nitrogens with zero attached hydrogens (tertiary/aromatic N) is 5. The number of carbonyl (C=O) groups is 1. The number of hydrogen-bond donors (Lipinski definition) is 0. The molecule has 2 atom stereocenters. The summed E-state index contributed by atoms with van der Waals surface area (Å²) in [6.07, 6.45) is 6.58. The molecule has 4 rings (SSSR count). The lowest BCUT2D eigenvalue weighted by molar-refractivity contribution is -0.137. The van der Waals surface area contributed by atoms with Crippen LogP contribution in [0.2, 0.25) is 0 Å². The van der Waals surface area contributed by atoms with Crippen LogP contribution in [0.25, 0.3) is 0 Å². The molecular weight excluding hydrogens is 322 g/mol. The van der Waals surface area contributed by atoms with E-state index in [4.69, 9.17) is 0 Å². The van der Waals surface area contributed by atoms with Gasteiger partial charge in [-0.3, -0.25) is 14.4 Å². The number of hydrogen-bond acceptors (Lipinski definition) is 5. The van der Waals surface area contributed by atoms with Crippen molar-refractivity contribution in [2.45, 2.75) is 51.4 Å². The second-order valence-corrected chi connectivity index (χ2v) is 7.71. The minimum atomic E-state index is -0.0683. The molecule has 128 valence electrons. The van der Waals surface area contributed by atoms with Gasteiger partial charge < -0.3 is 4.90 Å². The Labute approximate surface area is 146 Å². The molecule has 1 fully saturated rings. The highest BCUT2D eigenvalue weighted by Gasteiger charge is 2.35. The van der Waals surface area contributed by atoms with E-state index >= 15 is 0 Å². The van der Waals surface area contributed by atoms with Crippen molar-refractivity contribution in [2.75, 3.05) is 13.1 Å². The maximum absolute atomic E-state index is 13.0. The molecule has 2 aliphatic heterocycles. The molecule has 24 heavy (non-hydrogen) atoms. The fraction of sp³-hybridized carbons (Fsp3) is 0.588. The van der Waals surface area contributed by atoms with Gasteiger partial charge in [-0.15, -0.1) is 11.3 Å². The largest absolute Gasteiger partial charge is 0.337 e. The normalized spacial score (nSPS) is 22.5. The monoisotopic (exact) mass is 345 g/mol. The SMILES string of the molecule is C[C@H](C(=O)N1CCc2sccc2C1)N1CCC[C@H]1Cn1cncn1. The zero-order valence-electron chi connectivity index (χ0n) is 14.0. The third-order valence-corrected chi connectivity index (χ3v) is 6.28. The van der Waals surface area contributed by atoms with Crippen LogP contribution in [0.1, 0.15) is 30.2 Å². The lowest BCUT2D eigenvalue weighted by Crippen LogP contribution is -2.50. The molecule has 2 aromatic rings. The van der Waals surface area contributed by atoms with E-state index in [1.165, 1.54) is 10.4 Å². The van der Waals surface area contributed by atoms with Crippen LogP contribution < -0.4 is 0 Å². The second kappa shape index (κ2) is 6.64. The zero-order chi connectivity index (χ0) is 16.5. The van der Waals surface area contributed by atoms with Gasteiger partial charge in [0.1, 0.15) is 12.7 Å². The zero-order valence-corrected chi connectivity index (χ0v) is 14.8. The molecule has 0 unspecified atom stereocenters. The Morgan fingerprint density at radius 3 is 3.21 bits per heavy atom. The molecule has 4 heterocycles. The van der Waals surface area contributed by atoms with Crippen LogP contribution in [0.5, 0.6) is 0 Å². The van der Waals surface area contributed by atoms with Gasteiger partial charge in [-0.05, 0) is 49.7 Å². The molecule has 7 heteroatoms. The number of carbonyl (C=O) groups excluding carboxylic acids is 1. The summed E-state index contributed by atoms with van der Waals surface area (Å²) in [4.78, 5) is 22.9. The molecule has 1 amide bonds. The topological polar surface area (TPSA) is 54.3 Å². The summed E-state index contributed by atoms with van der Waals surface area (Å²) in [5.41, 5.74) is 1.33. The van der Waals surface area contributed by atoms with E-state index < -0.39 is 0 Å². The van der Waals surface area contributed by atoms with Crippen LogP contribution in [0.3, 0.4) is 0 Å². The van der Waals surface area contributed by atoms with E-state index in [1.54, 1.807) is 12.7 Å². The number of fused-ring (bicyclic) bond motifs is 1. The number of likely N-dealkylation sites (tertiary alicyclic amines) is 1. The van der Waals surface area contributed by atoms with Gasteiger partial charge in [-0.25, -0.2) is 4.98 Å². The molecular formula is C17H23N5OS. The first kappa shape index (κ1) is 15.8. The van der Waals surface area contributed by atoms with Gasteiger partial charge >= 0.3 is 0 Å². The van der Waals surface area contributed by atoms with Gasteiger partial charge in [-0.1, -0.05) is 0 Å². The Hall–Kier alpha value is -1.73. The first-order chi connectivity index (χ1) is 11.7. The van der Waals surface area contributed by atoms with Crippen LogP contribution in [0, 0.1) is 0 Å². The first-order valence-corrected chi connectivity index (χ1v) is 9.52. The minimum absolute atomic E-state index is 0.0683. The molecule has 0 radical (unpaired) electrons. The summed E-state index contributed by atoms with van der Waals surface area (Å²) in [5.74, 6) is 0.261. The smallest absolute Gasteiger partial charge is 0.239 e. The van der Waals surface area contributed by atoms with Gasteiger partial charge in [0.25, 0.3) is 0 Å². The number of rotatable bonds is 4. The molecule has 1 saturated heterocycles. The van der Waals surface area contributed by atoms with Crippen LogP contribution >= 0.6 is 11.3 Å². The molecule has 0 aromatic carbocycles. The standard InChI is InChI=1S/C17H23N5OS/c1-13(17(23)20-7-4-16-14(9-20)5-8-24-16)22-6-2-3-15(22)10-21-12-18-11-19-21/h5,8,11-13,15H,2-4,6-7,9-10H2,1H3/t13-,15+/m1/s1. The highest BCUT2D eigenvalue weighted by atomic mass is 32.1. The Bertz CT molecular complexity index is 698. The number of amides is 1. The van der Waals surface area contributed by atoms with Crippen molar-refractivity contribution in [3.8, 4) is 0 Å². The third-order valence-electron chi connectivity index (χ3n) is 5.26. The predicted octanol–water partition coefficient (Wildman–Crippen LogP) is 1.78. The van der Waals surface area contributed by atoms with E-state index in [-0.39, 0.29) is 11.9 Å². The lowest BCUT2D eigenvalue weighted by atomic mass is 10.1. The molecule has 0 aliphatic carbocycles. The Kier molecular flexibility index (Phi) is 4.37. The summed E-state index contributed by atoms with van der Waals surface area (Å²) in [6.45, 7) is 5.48. The fourth-order valence-electron chi connectivity index (χ4n) is 3.95. The van der Waals surface area contributed by atoms with Crippen LogP contribution in [-0.2, 0) is 24.3 Å². The van der Waals surface area contributed by atoms with Crippen molar-refractivity contribution >= 4 is 17.2 Å². The highest BCUT2D eigenvalue weighted by molar-refractivity contribution is 7.10. The maximum atomic E-state index is 13.0. The van der Waals surface area contributed by atoms with Gasteiger partial charge in [0.05, 0.1) is 12.6 Å².